The summed E-state index contributed by atoms with van der Waals surface area (Å²) >= 11 is 0. The molecule has 0 aliphatic carbocycles. The molecule has 1 aliphatic heterocycles. The molecule has 0 saturated carbocycles. The lowest BCUT2D eigenvalue weighted by Crippen LogP contribution is -2.49. The zero-order chi connectivity index (χ0) is 9.10. The standard InChI is InChI=1S/C10H17N3/c1-13-6-5-12-10(8-13)7-9-3-2-4-11-9/h2-4,10-12H,5-8H2,1H3. The van der Waals surface area contributed by atoms with Crippen LogP contribution in [0.25, 0.3) is 0 Å². The summed E-state index contributed by atoms with van der Waals surface area (Å²) in [4.78, 5) is 5.62. The number of hydrogen-bond acceptors (Lipinski definition) is 2. The van der Waals surface area contributed by atoms with E-state index in [4.69, 9.17) is 0 Å². The quantitative estimate of drug-likeness (QED) is 0.691. The van der Waals surface area contributed by atoms with Crippen molar-refractivity contribution in [3.8, 4) is 0 Å². The lowest BCUT2D eigenvalue weighted by Gasteiger charge is -2.30. The van der Waals surface area contributed by atoms with Crippen LogP contribution < -0.4 is 5.32 Å². The molecule has 0 radical (unpaired) electrons. The second kappa shape index (κ2) is 3.94. The molecule has 3 heteroatoms. The molecule has 3 nitrogen and oxygen atoms in total. The molecule has 13 heavy (non-hydrogen) atoms. The predicted octanol–water partition coefficient (Wildman–Crippen LogP) is 0.461. The second-order valence-corrected chi connectivity index (χ2v) is 3.81. The largest absolute Gasteiger partial charge is 0.365 e. The predicted molar refractivity (Wildman–Crippen MR) is 53.8 cm³/mol. The Bertz CT molecular complexity index is 243. The minimum Gasteiger partial charge on any atom is -0.365 e. The fourth-order valence-corrected chi connectivity index (χ4v) is 1.89. The zero-order valence-corrected chi connectivity index (χ0v) is 8.09. The highest BCUT2D eigenvalue weighted by atomic mass is 15.2. The maximum absolute atomic E-state index is 3.53. The molecule has 1 unspecified atom stereocenters. The summed E-state index contributed by atoms with van der Waals surface area (Å²) in [5, 5.41) is 3.53. The first-order valence-electron chi connectivity index (χ1n) is 4.89. The maximum atomic E-state index is 3.53. The van der Waals surface area contributed by atoms with E-state index in [-0.39, 0.29) is 0 Å². The Hall–Kier alpha value is -0.800. The van der Waals surface area contributed by atoms with E-state index in [1.807, 2.05) is 6.20 Å². The van der Waals surface area contributed by atoms with E-state index >= 15 is 0 Å². The Labute approximate surface area is 79.1 Å². The van der Waals surface area contributed by atoms with Crippen molar-refractivity contribution in [2.24, 2.45) is 0 Å². The monoisotopic (exact) mass is 179 g/mol. The molecule has 0 bridgehead atoms. The van der Waals surface area contributed by atoms with Gasteiger partial charge < -0.3 is 15.2 Å². The normalized spacial score (nSPS) is 24.8. The van der Waals surface area contributed by atoms with Crippen LogP contribution in [0.5, 0.6) is 0 Å². The van der Waals surface area contributed by atoms with Crippen molar-refractivity contribution in [2.45, 2.75) is 12.5 Å². The minimum atomic E-state index is 0.609. The van der Waals surface area contributed by atoms with Crippen LogP contribution in [0.2, 0.25) is 0 Å². The zero-order valence-electron chi connectivity index (χ0n) is 8.09. The number of piperazine rings is 1. The highest BCUT2D eigenvalue weighted by Gasteiger charge is 2.16. The van der Waals surface area contributed by atoms with Crippen LogP contribution in [-0.4, -0.2) is 42.6 Å². The van der Waals surface area contributed by atoms with Gasteiger partial charge in [0.15, 0.2) is 0 Å². The summed E-state index contributed by atoms with van der Waals surface area (Å²) in [6.45, 7) is 3.43. The fourth-order valence-electron chi connectivity index (χ4n) is 1.89. The summed E-state index contributed by atoms with van der Waals surface area (Å²) in [5.74, 6) is 0. The molecule has 1 aromatic heterocycles. The third kappa shape index (κ3) is 2.32. The number of hydrogen-bond donors (Lipinski definition) is 2. The first kappa shape index (κ1) is 8.78. The maximum Gasteiger partial charge on any atom is 0.0250 e. The van der Waals surface area contributed by atoms with Crippen LogP contribution in [0.1, 0.15) is 5.69 Å². The molecule has 2 N–H and O–H groups in total. The molecular weight excluding hydrogens is 162 g/mol. The van der Waals surface area contributed by atoms with E-state index in [1.165, 1.54) is 12.2 Å². The van der Waals surface area contributed by atoms with Gasteiger partial charge in [0.2, 0.25) is 0 Å². The first-order chi connectivity index (χ1) is 6.34. The van der Waals surface area contributed by atoms with Crippen LogP contribution in [0, 0.1) is 0 Å². The third-order valence-corrected chi connectivity index (χ3v) is 2.59. The molecule has 0 aromatic carbocycles. The van der Waals surface area contributed by atoms with Gasteiger partial charge in [0.25, 0.3) is 0 Å². The van der Waals surface area contributed by atoms with Gasteiger partial charge in [-0.15, -0.1) is 0 Å². The average Bonchev–Trinajstić information content (AvgIpc) is 2.57. The Morgan fingerprint density at radius 1 is 1.62 bits per heavy atom. The number of H-pyrrole nitrogens is 1. The minimum absolute atomic E-state index is 0.609. The summed E-state index contributed by atoms with van der Waals surface area (Å²) in [7, 11) is 2.18. The van der Waals surface area contributed by atoms with E-state index in [0.717, 1.165) is 19.5 Å². The molecule has 0 amide bonds. The molecule has 0 spiro atoms. The van der Waals surface area contributed by atoms with E-state index in [1.54, 1.807) is 0 Å². The molecule has 1 aliphatic rings. The highest BCUT2D eigenvalue weighted by molar-refractivity contribution is 5.06. The Kier molecular flexibility index (Phi) is 2.66. The molecule has 1 aromatic rings. The lowest BCUT2D eigenvalue weighted by atomic mass is 10.1. The van der Waals surface area contributed by atoms with Gasteiger partial charge in [-0.3, -0.25) is 0 Å². The van der Waals surface area contributed by atoms with Crippen LogP contribution in [-0.2, 0) is 6.42 Å². The number of rotatable bonds is 2. The van der Waals surface area contributed by atoms with Gasteiger partial charge in [-0.05, 0) is 19.2 Å². The van der Waals surface area contributed by atoms with Crippen LogP contribution >= 0.6 is 0 Å². The van der Waals surface area contributed by atoms with Crippen molar-refractivity contribution in [3.63, 3.8) is 0 Å². The SMILES string of the molecule is CN1CCNC(Cc2ccc[nH]2)C1. The fraction of sp³-hybridized carbons (Fsp3) is 0.600. The highest BCUT2D eigenvalue weighted by Crippen LogP contribution is 2.04. The Balaban J connectivity index is 1.87. The number of likely N-dealkylation sites (N-methyl/N-ethyl adjacent to an activating group) is 1. The third-order valence-electron chi connectivity index (χ3n) is 2.59. The van der Waals surface area contributed by atoms with Gasteiger partial charge in [0.05, 0.1) is 0 Å². The van der Waals surface area contributed by atoms with Crippen LogP contribution in [0.15, 0.2) is 18.3 Å². The van der Waals surface area contributed by atoms with Gasteiger partial charge >= 0.3 is 0 Å². The van der Waals surface area contributed by atoms with E-state index in [0.29, 0.717) is 6.04 Å². The molecule has 2 heterocycles. The number of aromatic nitrogens is 1. The van der Waals surface area contributed by atoms with Gasteiger partial charge in [-0.2, -0.15) is 0 Å². The van der Waals surface area contributed by atoms with E-state index in [9.17, 15) is 0 Å². The summed E-state index contributed by atoms with van der Waals surface area (Å²) in [6, 6.07) is 4.82. The van der Waals surface area contributed by atoms with Gasteiger partial charge in [-0.1, -0.05) is 0 Å². The van der Waals surface area contributed by atoms with Crippen molar-refractivity contribution >= 4 is 0 Å². The topological polar surface area (TPSA) is 31.1 Å². The van der Waals surface area contributed by atoms with Crippen LogP contribution in [0.3, 0.4) is 0 Å². The van der Waals surface area contributed by atoms with Gasteiger partial charge in [0, 0.05) is 44.0 Å². The van der Waals surface area contributed by atoms with Crippen LogP contribution in [0.4, 0.5) is 0 Å². The van der Waals surface area contributed by atoms with E-state index in [2.05, 4.69) is 34.4 Å². The average molecular weight is 179 g/mol. The van der Waals surface area contributed by atoms with Crippen molar-refractivity contribution in [3.05, 3.63) is 24.0 Å². The Morgan fingerprint density at radius 2 is 2.54 bits per heavy atom. The summed E-state index contributed by atoms with van der Waals surface area (Å²) < 4.78 is 0. The summed E-state index contributed by atoms with van der Waals surface area (Å²) in [6.07, 6.45) is 3.10. The van der Waals surface area contributed by atoms with Crippen molar-refractivity contribution < 1.29 is 0 Å². The van der Waals surface area contributed by atoms with Crippen molar-refractivity contribution in [1.82, 2.24) is 15.2 Å². The van der Waals surface area contributed by atoms with E-state index < -0.39 is 0 Å². The number of nitrogens with zero attached hydrogens (tertiary/aromatic N) is 1. The van der Waals surface area contributed by atoms with Gasteiger partial charge in [0.1, 0.15) is 0 Å². The molecule has 1 fully saturated rings. The molecule has 1 atom stereocenters. The summed E-state index contributed by atoms with van der Waals surface area (Å²) in [5.41, 5.74) is 1.33. The number of nitrogens with one attached hydrogen (secondary N) is 2. The van der Waals surface area contributed by atoms with Gasteiger partial charge in [-0.25, -0.2) is 0 Å². The molecule has 72 valence electrons. The van der Waals surface area contributed by atoms with Crippen molar-refractivity contribution in [2.75, 3.05) is 26.7 Å². The molecular formula is C10H17N3. The number of aromatic amines is 1. The van der Waals surface area contributed by atoms with Crippen molar-refractivity contribution in [1.29, 1.82) is 0 Å². The lowest BCUT2D eigenvalue weighted by molar-refractivity contribution is 0.237. The molecule has 1 saturated heterocycles. The first-order valence-corrected chi connectivity index (χ1v) is 4.89. The second-order valence-electron chi connectivity index (χ2n) is 3.81. The smallest absolute Gasteiger partial charge is 0.0250 e. The molecule has 2 rings (SSSR count). The Morgan fingerprint density at radius 3 is 3.23 bits per heavy atom.